The fourth-order valence-corrected chi connectivity index (χ4v) is 3.58. The number of rotatable bonds is 7. The van der Waals surface area contributed by atoms with Crippen molar-refractivity contribution in [3.05, 3.63) is 59.7 Å². The second kappa shape index (κ2) is 8.34. The van der Waals surface area contributed by atoms with Gasteiger partial charge in [-0.05, 0) is 38.0 Å². The molecule has 29 heavy (non-hydrogen) atoms. The average molecular weight is 394 g/mol. The van der Waals surface area contributed by atoms with Gasteiger partial charge in [-0.15, -0.1) is 5.01 Å². The molecule has 0 bridgehead atoms. The smallest absolute Gasteiger partial charge is 0.346 e. The van der Waals surface area contributed by atoms with Crippen LogP contribution in [0.1, 0.15) is 38.3 Å². The van der Waals surface area contributed by atoms with Crippen LogP contribution in [-0.4, -0.2) is 41.4 Å². The van der Waals surface area contributed by atoms with E-state index in [1.54, 1.807) is 12.1 Å². The van der Waals surface area contributed by atoms with Crippen LogP contribution in [0.3, 0.4) is 0 Å². The van der Waals surface area contributed by atoms with Crippen molar-refractivity contribution in [3.63, 3.8) is 0 Å². The Morgan fingerprint density at radius 3 is 2.38 bits per heavy atom. The summed E-state index contributed by atoms with van der Waals surface area (Å²) in [6.07, 6.45) is 1.73. The molecule has 1 saturated heterocycles. The second-order valence-electron chi connectivity index (χ2n) is 6.83. The Kier molecular flexibility index (Phi) is 5.87. The molecule has 3 rings (SSSR count). The standard InChI is InChI=1S/C22H26N4O3/c1-4-22(17-10-8-7-9-11-17)20(28)26(21(29)24-22)23-15-16-12-13-18(14-19(16)27)25(5-2)6-3/h7-15,27H,4-6H2,1-3H3,(H,24,29)/b23-15+/t22-/m0/s1. The lowest BCUT2D eigenvalue weighted by atomic mass is 9.87. The van der Waals surface area contributed by atoms with E-state index in [-0.39, 0.29) is 5.75 Å². The number of nitrogens with one attached hydrogen (secondary N) is 1. The van der Waals surface area contributed by atoms with Gasteiger partial charge in [0.1, 0.15) is 11.3 Å². The summed E-state index contributed by atoms with van der Waals surface area (Å²) in [7, 11) is 0. The van der Waals surface area contributed by atoms with E-state index >= 15 is 0 Å². The first-order valence-corrected chi connectivity index (χ1v) is 9.81. The van der Waals surface area contributed by atoms with Crippen molar-refractivity contribution >= 4 is 23.8 Å². The summed E-state index contributed by atoms with van der Waals surface area (Å²) in [5.74, 6) is -0.401. The maximum Gasteiger partial charge on any atom is 0.346 e. The minimum atomic E-state index is -1.13. The van der Waals surface area contributed by atoms with Crippen molar-refractivity contribution in [2.24, 2.45) is 5.10 Å². The van der Waals surface area contributed by atoms with Gasteiger partial charge in [-0.3, -0.25) is 4.79 Å². The highest BCUT2D eigenvalue weighted by atomic mass is 16.3. The van der Waals surface area contributed by atoms with E-state index in [1.165, 1.54) is 6.21 Å². The number of hydrazone groups is 1. The molecule has 1 heterocycles. The zero-order chi connectivity index (χ0) is 21.0. The summed E-state index contributed by atoms with van der Waals surface area (Å²) in [4.78, 5) is 27.6. The maximum absolute atomic E-state index is 13.1. The summed E-state index contributed by atoms with van der Waals surface area (Å²) < 4.78 is 0. The highest BCUT2D eigenvalue weighted by Crippen LogP contribution is 2.32. The van der Waals surface area contributed by atoms with Gasteiger partial charge >= 0.3 is 6.03 Å². The molecule has 152 valence electrons. The van der Waals surface area contributed by atoms with Crippen molar-refractivity contribution in [1.29, 1.82) is 0 Å². The van der Waals surface area contributed by atoms with E-state index in [0.29, 0.717) is 17.5 Å². The number of phenols is 1. The summed E-state index contributed by atoms with van der Waals surface area (Å²) in [5, 5.41) is 18.0. The van der Waals surface area contributed by atoms with E-state index in [1.807, 2.05) is 57.2 Å². The van der Waals surface area contributed by atoms with E-state index in [0.717, 1.165) is 23.8 Å². The zero-order valence-corrected chi connectivity index (χ0v) is 16.9. The normalized spacial score (nSPS) is 19.1. The molecule has 0 radical (unpaired) electrons. The lowest BCUT2D eigenvalue weighted by Gasteiger charge is -2.24. The lowest BCUT2D eigenvalue weighted by Crippen LogP contribution is -2.43. The fourth-order valence-electron chi connectivity index (χ4n) is 3.58. The highest BCUT2D eigenvalue weighted by Gasteiger charge is 2.51. The third-order valence-corrected chi connectivity index (χ3v) is 5.32. The number of carbonyl (C=O) groups is 2. The average Bonchev–Trinajstić information content (AvgIpc) is 2.99. The van der Waals surface area contributed by atoms with Gasteiger partial charge in [0.15, 0.2) is 0 Å². The third-order valence-electron chi connectivity index (χ3n) is 5.32. The molecule has 1 fully saturated rings. The first-order valence-electron chi connectivity index (χ1n) is 9.81. The molecule has 0 unspecified atom stereocenters. The molecule has 1 atom stereocenters. The molecule has 0 spiro atoms. The minimum Gasteiger partial charge on any atom is -0.507 e. The van der Waals surface area contributed by atoms with Gasteiger partial charge in [0, 0.05) is 30.4 Å². The first-order chi connectivity index (χ1) is 14.0. The molecule has 0 aromatic heterocycles. The van der Waals surface area contributed by atoms with Gasteiger partial charge in [-0.2, -0.15) is 5.10 Å². The number of phenolic OH excluding ortho intramolecular Hbond substituents is 1. The van der Waals surface area contributed by atoms with E-state index < -0.39 is 17.5 Å². The van der Waals surface area contributed by atoms with Crippen LogP contribution in [0.2, 0.25) is 0 Å². The summed E-state index contributed by atoms with van der Waals surface area (Å²) in [5.41, 5.74) is 0.901. The predicted octanol–water partition coefficient (Wildman–Crippen LogP) is 3.43. The molecule has 0 aliphatic carbocycles. The van der Waals surface area contributed by atoms with Gasteiger partial charge in [-0.1, -0.05) is 37.3 Å². The lowest BCUT2D eigenvalue weighted by molar-refractivity contribution is -0.131. The van der Waals surface area contributed by atoms with Crippen LogP contribution >= 0.6 is 0 Å². The Labute approximate surface area is 170 Å². The zero-order valence-electron chi connectivity index (χ0n) is 16.9. The molecular formula is C22H26N4O3. The van der Waals surface area contributed by atoms with Gasteiger partial charge < -0.3 is 15.3 Å². The Morgan fingerprint density at radius 2 is 1.79 bits per heavy atom. The fraction of sp³-hybridized carbons (Fsp3) is 0.318. The van der Waals surface area contributed by atoms with Crippen LogP contribution in [0.5, 0.6) is 5.75 Å². The van der Waals surface area contributed by atoms with Crippen LogP contribution in [-0.2, 0) is 10.3 Å². The van der Waals surface area contributed by atoms with Gasteiger partial charge in [0.05, 0.1) is 6.21 Å². The monoisotopic (exact) mass is 394 g/mol. The van der Waals surface area contributed by atoms with Crippen molar-refractivity contribution in [2.45, 2.75) is 32.7 Å². The molecule has 2 aromatic rings. The quantitative estimate of drug-likeness (QED) is 0.557. The molecule has 2 N–H and O–H groups in total. The van der Waals surface area contributed by atoms with Crippen LogP contribution in [0.25, 0.3) is 0 Å². The van der Waals surface area contributed by atoms with Crippen LogP contribution < -0.4 is 10.2 Å². The molecule has 7 nitrogen and oxygen atoms in total. The third kappa shape index (κ3) is 3.68. The molecule has 2 aromatic carbocycles. The largest absolute Gasteiger partial charge is 0.507 e. The number of anilines is 1. The highest BCUT2D eigenvalue weighted by molar-refractivity contribution is 6.07. The summed E-state index contributed by atoms with van der Waals surface area (Å²) >= 11 is 0. The molecule has 7 heteroatoms. The van der Waals surface area contributed by atoms with Gasteiger partial charge in [-0.25, -0.2) is 4.79 Å². The number of imide groups is 1. The van der Waals surface area contributed by atoms with Crippen LogP contribution in [0.4, 0.5) is 10.5 Å². The Bertz CT molecular complexity index is 925. The molecule has 1 aliphatic rings. The SMILES string of the molecule is CCN(CC)c1ccc(/C=N/N2C(=O)N[C@@](CC)(c3ccccc3)C2=O)c(O)c1. The van der Waals surface area contributed by atoms with Crippen molar-refractivity contribution in [3.8, 4) is 5.75 Å². The van der Waals surface area contributed by atoms with E-state index in [4.69, 9.17) is 0 Å². The Balaban J connectivity index is 1.86. The summed E-state index contributed by atoms with van der Waals surface area (Å²) in [6.45, 7) is 7.57. The predicted molar refractivity (Wildman–Crippen MR) is 113 cm³/mol. The number of carbonyl (C=O) groups excluding carboxylic acids is 2. The molecule has 0 saturated carbocycles. The Hall–Kier alpha value is -3.35. The van der Waals surface area contributed by atoms with Crippen molar-refractivity contribution in [1.82, 2.24) is 10.3 Å². The molecular weight excluding hydrogens is 368 g/mol. The first kappa shape index (κ1) is 20.4. The van der Waals surface area contributed by atoms with Crippen molar-refractivity contribution in [2.75, 3.05) is 18.0 Å². The second-order valence-corrected chi connectivity index (χ2v) is 6.83. The number of nitrogens with zero attached hydrogens (tertiary/aromatic N) is 3. The number of amides is 3. The molecule has 1 aliphatic heterocycles. The van der Waals surface area contributed by atoms with E-state index in [9.17, 15) is 14.7 Å². The van der Waals surface area contributed by atoms with Crippen LogP contribution in [0.15, 0.2) is 53.6 Å². The van der Waals surface area contributed by atoms with Crippen molar-refractivity contribution < 1.29 is 14.7 Å². The number of hydrogen-bond donors (Lipinski definition) is 2. The summed E-state index contributed by atoms with van der Waals surface area (Å²) in [6, 6.07) is 13.8. The number of aromatic hydroxyl groups is 1. The number of hydrogen-bond acceptors (Lipinski definition) is 5. The van der Waals surface area contributed by atoms with Gasteiger partial charge in [0.25, 0.3) is 5.91 Å². The Morgan fingerprint density at radius 1 is 1.10 bits per heavy atom. The minimum absolute atomic E-state index is 0.0371. The molecule has 3 amide bonds. The topological polar surface area (TPSA) is 85.2 Å². The maximum atomic E-state index is 13.1. The van der Waals surface area contributed by atoms with Crippen LogP contribution in [0, 0.1) is 0 Å². The van der Waals surface area contributed by atoms with E-state index in [2.05, 4.69) is 15.3 Å². The van der Waals surface area contributed by atoms with Gasteiger partial charge in [0.2, 0.25) is 0 Å². The number of benzene rings is 2. The number of urea groups is 1.